The zero-order valence-electron chi connectivity index (χ0n) is 16.9. The molecule has 0 saturated heterocycles. The van der Waals surface area contributed by atoms with Crippen LogP contribution in [0.5, 0.6) is 0 Å². The Morgan fingerprint density at radius 2 is 1.48 bits per heavy atom. The highest BCUT2D eigenvalue weighted by Gasteiger charge is 2.14. The van der Waals surface area contributed by atoms with E-state index in [-0.39, 0.29) is 0 Å². The molecule has 0 aromatic rings. The molecule has 1 heterocycles. The van der Waals surface area contributed by atoms with Gasteiger partial charge in [-0.1, -0.05) is 90.0 Å². The Bertz CT molecular complexity index is 363. The van der Waals surface area contributed by atoms with E-state index in [4.69, 9.17) is 0 Å². The van der Waals surface area contributed by atoms with E-state index >= 15 is 0 Å². The molecule has 3 nitrogen and oxygen atoms in total. The van der Waals surface area contributed by atoms with E-state index < -0.39 is 6.10 Å². The van der Waals surface area contributed by atoms with Crippen molar-refractivity contribution in [3.8, 4) is 0 Å². The predicted molar refractivity (Wildman–Crippen MR) is 110 cm³/mol. The van der Waals surface area contributed by atoms with Crippen molar-refractivity contribution >= 4 is 6.34 Å². The van der Waals surface area contributed by atoms with Crippen molar-refractivity contribution in [3.05, 3.63) is 11.8 Å². The lowest BCUT2D eigenvalue weighted by molar-refractivity contribution is 0.205. The minimum absolute atomic E-state index is 0.397. The molecule has 1 atom stereocenters. The molecule has 0 aliphatic carbocycles. The number of nitrogens with zero attached hydrogens (tertiary/aromatic N) is 2. The van der Waals surface area contributed by atoms with Crippen molar-refractivity contribution in [3.63, 3.8) is 0 Å². The highest BCUT2D eigenvalue weighted by molar-refractivity contribution is 5.60. The number of hydrogen-bond donors (Lipinski definition) is 1. The number of aliphatic hydroxyl groups is 1. The van der Waals surface area contributed by atoms with Crippen LogP contribution in [0, 0.1) is 0 Å². The molecule has 25 heavy (non-hydrogen) atoms. The number of aliphatic imine (C=N–C) groups is 1. The van der Waals surface area contributed by atoms with Crippen LogP contribution in [0.2, 0.25) is 0 Å². The summed E-state index contributed by atoms with van der Waals surface area (Å²) in [5.41, 5.74) is 1.03. The fourth-order valence-electron chi connectivity index (χ4n) is 3.52. The van der Waals surface area contributed by atoms with Crippen LogP contribution in [0.1, 0.15) is 104 Å². The Kier molecular flexibility index (Phi) is 13.7. The van der Waals surface area contributed by atoms with Gasteiger partial charge in [-0.25, -0.2) is 0 Å². The van der Waals surface area contributed by atoms with Gasteiger partial charge in [0, 0.05) is 12.2 Å². The first-order chi connectivity index (χ1) is 12.3. The minimum Gasteiger partial charge on any atom is -0.387 e. The summed E-state index contributed by atoms with van der Waals surface area (Å²) in [4.78, 5) is 6.33. The lowest BCUT2D eigenvalue weighted by atomic mass is 10.0. The van der Waals surface area contributed by atoms with E-state index in [2.05, 4.69) is 22.9 Å². The maximum absolute atomic E-state index is 9.90. The lowest BCUT2D eigenvalue weighted by Crippen LogP contribution is -2.26. The van der Waals surface area contributed by atoms with Crippen molar-refractivity contribution < 1.29 is 5.11 Å². The Balaban J connectivity index is 1.91. The third-order valence-electron chi connectivity index (χ3n) is 5.11. The topological polar surface area (TPSA) is 35.8 Å². The van der Waals surface area contributed by atoms with Crippen LogP contribution in [-0.4, -0.2) is 35.5 Å². The molecular weight excluding hydrogens is 308 g/mol. The standard InChI is InChI=1S/C22H42N2O/c1-3-4-5-6-7-8-9-10-11-12-13-14-15-16-17-22(21(2)25)24-19-18-23-20-24/h17,20-21,25H,3-16,18-19H2,1-2H3. The van der Waals surface area contributed by atoms with Gasteiger partial charge in [0.15, 0.2) is 0 Å². The molecule has 1 rings (SSSR count). The molecule has 0 aromatic carbocycles. The number of rotatable bonds is 16. The summed E-state index contributed by atoms with van der Waals surface area (Å²) in [5, 5.41) is 9.90. The summed E-state index contributed by atoms with van der Waals surface area (Å²) in [7, 11) is 0. The van der Waals surface area contributed by atoms with Gasteiger partial charge in [0.25, 0.3) is 0 Å². The molecule has 0 spiro atoms. The van der Waals surface area contributed by atoms with Gasteiger partial charge in [-0.3, -0.25) is 4.99 Å². The Labute approximate surface area is 156 Å². The molecule has 0 saturated carbocycles. The normalized spacial score (nSPS) is 16.0. The molecule has 3 heteroatoms. The van der Waals surface area contributed by atoms with Crippen molar-refractivity contribution in [1.82, 2.24) is 4.90 Å². The van der Waals surface area contributed by atoms with Gasteiger partial charge in [0.1, 0.15) is 0 Å². The van der Waals surface area contributed by atoms with Crippen LogP contribution in [0.15, 0.2) is 16.8 Å². The Morgan fingerprint density at radius 1 is 0.960 bits per heavy atom. The van der Waals surface area contributed by atoms with Crippen LogP contribution in [0.4, 0.5) is 0 Å². The summed E-state index contributed by atoms with van der Waals surface area (Å²) in [6.45, 7) is 5.89. The summed E-state index contributed by atoms with van der Waals surface area (Å²) in [6.07, 6.45) is 22.8. The maximum atomic E-state index is 9.90. The summed E-state index contributed by atoms with van der Waals surface area (Å²) >= 11 is 0. The Hall–Kier alpha value is -0.830. The number of hydrogen-bond acceptors (Lipinski definition) is 3. The minimum atomic E-state index is -0.397. The average molecular weight is 351 g/mol. The number of allylic oxidation sites excluding steroid dienone is 1. The van der Waals surface area contributed by atoms with E-state index in [1.165, 1.54) is 83.5 Å². The zero-order chi connectivity index (χ0) is 18.2. The van der Waals surface area contributed by atoms with Crippen LogP contribution in [0.3, 0.4) is 0 Å². The van der Waals surface area contributed by atoms with Gasteiger partial charge in [-0.2, -0.15) is 0 Å². The van der Waals surface area contributed by atoms with Gasteiger partial charge >= 0.3 is 0 Å². The molecular formula is C22H42N2O. The van der Waals surface area contributed by atoms with E-state index in [9.17, 15) is 5.11 Å². The summed E-state index contributed by atoms with van der Waals surface area (Å²) < 4.78 is 0. The predicted octanol–water partition coefficient (Wildman–Crippen LogP) is 6.08. The summed E-state index contributed by atoms with van der Waals surface area (Å²) in [6, 6.07) is 0. The first kappa shape index (κ1) is 22.2. The fraction of sp³-hybridized carbons (Fsp3) is 0.864. The van der Waals surface area contributed by atoms with Crippen LogP contribution in [0.25, 0.3) is 0 Å². The molecule has 1 aliphatic heterocycles. The summed E-state index contributed by atoms with van der Waals surface area (Å²) in [5.74, 6) is 0. The third kappa shape index (κ3) is 11.4. The van der Waals surface area contributed by atoms with Crippen molar-refractivity contribution in [2.75, 3.05) is 13.1 Å². The monoisotopic (exact) mass is 350 g/mol. The molecule has 146 valence electrons. The van der Waals surface area contributed by atoms with E-state index in [0.717, 1.165) is 25.2 Å². The third-order valence-corrected chi connectivity index (χ3v) is 5.11. The quantitative estimate of drug-likeness (QED) is 0.343. The average Bonchev–Trinajstić information content (AvgIpc) is 3.12. The molecule has 0 fully saturated rings. The molecule has 1 N–H and O–H groups in total. The first-order valence-corrected chi connectivity index (χ1v) is 10.9. The highest BCUT2D eigenvalue weighted by atomic mass is 16.3. The molecule has 1 unspecified atom stereocenters. The first-order valence-electron chi connectivity index (χ1n) is 10.9. The van der Waals surface area contributed by atoms with E-state index in [1.807, 2.05) is 13.3 Å². The van der Waals surface area contributed by atoms with E-state index in [0.29, 0.717) is 0 Å². The second-order valence-electron chi connectivity index (χ2n) is 7.55. The molecule has 0 aromatic heterocycles. The van der Waals surface area contributed by atoms with Crippen LogP contribution in [-0.2, 0) is 0 Å². The highest BCUT2D eigenvalue weighted by Crippen LogP contribution is 2.15. The van der Waals surface area contributed by atoms with Crippen molar-refractivity contribution in [2.45, 2.75) is 110 Å². The van der Waals surface area contributed by atoms with E-state index in [1.54, 1.807) is 0 Å². The fourth-order valence-corrected chi connectivity index (χ4v) is 3.52. The Morgan fingerprint density at radius 3 is 1.92 bits per heavy atom. The van der Waals surface area contributed by atoms with Gasteiger partial charge in [0.05, 0.1) is 19.0 Å². The van der Waals surface area contributed by atoms with Crippen LogP contribution < -0.4 is 0 Å². The number of unbranched alkanes of at least 4 members (excludes halogenated alkanes) is 13. The van der Waals surface area contributed by atoms with Crippen LogP contribution >= 0.6 is 0 Å². The van der Waals surface area contributed by atoms with Crippen molar-refractivity contribution in [1.29, 1.82) is 0 Å². The van der Waals surface area contributed by atoms with Gasteiger partial charge in [-0.15, -0.1) is 0 Å². The largest absolute Gasteiger partial charge is 0.387 e. The zero-order valence-corrected chi connectivity index (χ0v) is 16.9. The second-order valence-corrected chi connectivity index (χ2v) is 7.55. The molecule has 0 radical (unpaired) electrons. The van der Waals surface area contributed by atoms with Crippen molar-refractivity contribution in [2.24, 2.45) is 4.99 Å². The number of aliphatic hydroxyl groups excluding tert-OH is 1. The van der Waals surface area contributed by atoms with Gasteiger partial charge in [-0.05, 0) is 19.8 Å². The van der Waals surface area contributed by atoms with Gasteiger partial charge in [0.2, 0.25) is 0 Å². The SMILES string of the molecule is CCCCCCCCCCCCCCCC=C(C(C)O)N1C=NCC1. The second kappa shape index (κ2) is 15.4. The van der Waals surface area contributed by atoms with Gasteiger partial charge < -0.3 is 10.0 Å². The molecule has 1 aliphatic rings. The smallest absolute Gasteiger partial charge is 0.0908 e. The lowest BCUT2D eigenvalue weighted by Gasteiger charge is -2.21. The molecule has 0 amide bonds. The molecule has 0 bridgehead atoms. The maximum Gasteiger partial charge on any atom is 0.0908 e.